The number of hydrogen-bond acceptors (Lipinski definition) is 3. The molecule has 2 saturated heterocycles. The Balaban J connectivity index is 1.65. The lowest BCUT2D eigenvalue weighted by Crippen LogP contribution is -2.73. The van der Waals surface area contributed by atoms with Gasteiger partial charge in [-0.05, 0) is 55.6 Å². The van der Waals surface area contributed by atoms with Crippen LogP contribution < -0.4 is 5.32 Å². The smallest absolute Gasteiger partial charge is 0.246 e. The fourth-order valence-corrected chi connectivity index (χ4v) is 5.18. The Bertz CT molecular complexity index is 751. The van der Waals surface area contributed by atoms with Gasteiger partial charge in [-0.2, -0.15) is 0 Å². The number of hydrogen-bond donors (Lipinski definition) is 1. The number of amides is 2. The molecule has 1 spiro atoms. The average Bonchev–Trinajstić information content (AvgIpc) is 2.78. The number of likely N-dealkylation sites (tertiary alicyclic amines) is 1. The van der Waals surface area contributed by atoms with Crippen molar-refractivity contribution in [2.24, 2.45) is 5.92 Å². The van der Waals surface area contributed by atoms with Gasteiger partial charge in [-0.3, -0.25) is 14.5 Å². The molecule has 178 valence electrons. The van der Waals surface area contributed by atoms with E-state index >= 15 is 0 Å². The van der Waals surface area contributed by atoms with Crippen molar-refractivity contribution in [2.45, 2.75) is 97.2 Å². The fraction of sp³-hybridized carbons (Fsp3) is 0.704. The van der Waals surface area contributed by atoms with Gasteiger partial charge in [0.15, 0.2) is 0 Å². The summed E-state index contributed by atoms with van der Waals surface area (Å²) in [6.07, 6.45) is 7.73. The van der Waals surface area contributed by atoms with E-state index in [1.807, 2.05) is 4.90 Å². The molecule has 0 unspecified atom stereocenters. The van der Waals surface area contributed by atoms with Crippen LogP contribution in [0.5, 0.6) is 0 Å². The second-order valence-corrected chi connectivity index (χ2v) is 10.2. The van der Waals surface area contributed by atoms with Crippen LogP contribution in [0.15, 0.2) is 24.3 Å². The lowest BCUT2D eigenvalue weighted by atomic mass is 9.80. The number of piperazine rings is 1. The van der Waals surface area contributed by atoms with Gasteiger partial charge in [0.1, 0.15) is 11.6 Å². The standard InChI is InChI=1S/C27H43N3O2/c1-5-7-9-22-10-12-23(13-11-22)20-29-17-14-27(15-18-29)26(32)28-24(19-21(3)4)25(31)30(27)16-8-6-2/h10-13,21,24H,5-9,14-20H2,1-4H3,(H,28,32)/t24-/m0/s1. The van der Waals surface area contributed by atoms with Crippen LogP contribution in [0.4, 0.5) is 0 Å². The van der Waals surface area contributed by atoms with E-state index in [-0.39, 0.29) is 17.9 Å². The van der Waals surface area contributed by atoms with Crippen LogP contribution >= 0.6 is 0 Å². The van der Waals surface area contributed by atoms with Crippen molar-refractivity contribution < 1.29 is 9.59 Å². The van der Waals surface area contributed by atoms with E-state index in [2.05, 4.69) is 62.2 Å². The third-order valence-corrected chi connectivity index (χ3v) is 7.18. The Hall–Kier alpha value is -1.88. The maximum absolute atomic E-state index is 13.4. The van der Waals surface area contributed by atoms with Crippen molar-refractivity contribution in [1.29, 1.82) is 0 Å². The molecule has 1 aromatic carbocycles. The molecule has 2 aliphatic rings. The van der Waals surface area contributed by atoms with Crippen molar-refractivity contribution in [3.8, 4) is 0 Å². The van der Waals surface area contributed by atoms with Gasteiger partial charge >= 0.3 is 0 Å². The first kappa shape index (κ1) is 24.8. The first-order chi connectivity index (χ1) is 15.4. The summed E-state index contributed by atoms with van der Waals surface area (Å²) >= 11 is 0. The maximum Gasteiger partial charge on any atom is 0.246 e. The van der Waals surface area contributed by atoms with Crippen LogP contribution in [0.3, 0.4) is 0 Å². The Morgan fingerprint density at radius 3 is 2.22 bits per heavy atom. The number of carbonyl (C=O) groups is 2. The zero-order chi connectivity index (χ0) is 23.1. The Morgan fingerprint density at radius 1 is 1.00 bits per heavy atom. The van der Waals surface area contributed by atoms with E-state index in [9.17, 15) is 9.59 Å². The van der Waals surface area contributed by atoms with E-state index in [0.29, 0.717) is 18.9 Å². The molecule has 5 heteroatoms. The van der Waals surface area contributed by atoms with Gasteiger partial charge in [0, 0.05) is 26.2 Å². The van der Waals surface area contributed by atoms with E-state index in [1.165, 1.54) is 24.0 Å². The van der Waals surface area contributed by atoms with Gasteiger partial charge in [-0.25, -0.2) is 0 Å². The van der Waals surface area contributed by atoms with Crippen LogP contribution in [-0.2, 0) is 22.6 Å². The van der Waals surface area contributed by atoms with Crippen molar-refractivity contribution in [3.05, 3.63) is 35.4 Å². The minimum absolute atomic E-state index is 0.0683. The number of benzene rings is 1. The van der Waals surface area contributed by atoms with E-state index in [1.54, 1.807) is 0 Å². The van der Waals surface area contributed by atoms with E-state index < -0.39 is 5.54 Å². The molecule has 0 radical (unpaired) electrons. The Labute approximate surface area is 194 Å². The fourth-order valence-electron chi connectivity index (χ4n) is 5.18. The third kappa shape index (κ3) is 5.72. The van der Waals surface area contributed by atoms with E-state index in [4.69, 9.17) is 0 Å². The van der Waals surface area contributed by atoms with Gasteiger partial charge in [0.2, 0.25) is 11.8 Å². The first-order valence-electron chi connectivity index (χ1n) is 12.8. The van der Waals surface area contributed by atoms with Crippen LogP contribution in [0.1, 0.15) is 83.8 Å². The monoisotopic (exact) mass is 441 g/mol. The second kappa shape index (κ2) is 11.3. The zero-order valence-corrected chi connectivity index (χ0v) is 20.7. The molecule has 0 saturated carbocycles. The molecule has 1 N–H and O–H groups in total. The molecule has 3 rings (SSSR count). The second-order valence-electron chi connectivity index (χ2n) is 10.2. The number of carbonyl (C=O) groups excluding carboxylic acids is 2. The average molecular weight is 442 g/mol. The van der Waals surface area contributed by atoms with Crippen molar-refractivity contribution in [2.75, 3.05) is 19.6 Å². The number of nitrogens with one attached hydrogen (secondary N) is 1. The van der Waals surface area contributed by atoms with Gasteiger partial charge in [-0.15, -0.1) is 0 Å². The molecule has 1 atom stereocenters. The summed E-state index contributed by atoms with van der Waals surface area (Å²) < 4.78 is 0. The summed E-state index contributed by atoms with van der Waals surface area (Å²) in [5.74, 6) is 0.572. The van der Waals surface area contributed by atoms with Crippen LogP contribution in [-0.4, -0.2) is 52.8 Å². The lowest BCUT2D eigenvalue weighted by molar-refractivity contribution is -0.161. The highest BCUT2D eigenvalue weighted by Crippen LogP contribution is 2.34. The zero-order valence-electron chi connectivity index (χ0n) is 20.7. The molecule has 1 aromatic rings. The molecule has 2 fully saturated rings. The number of unbranched alkanes of at least 4 members (excludes halogenated alkanes) is 2. The largest absolute Gasteiger partial charge is 0.342 e. The summed E-state index contributed by atoms with van der Waals surface area (Å²) in [5, 5.41) is 3.10. The third-order valence-electron chi connectivity index (χ3n) is 7.18. The molecule has 2 heterocycles. The predicted molar refractivity (Wildman–Crippen MR) is 130 cm³/mol. The Kier molecular flexibility index (Phi) is 8.75. The van der Waals surface area contributed by atoms with Crippen molar-refractivity contribution in [3.63, 3.8) is 0 Å². The van der Waals surface area contributed by atoms with Gasteiger partial charge < -0.3 is 10.2 Å². The molecule has 0 bridgehead atoms. The highest BCUT2D eigenvalue weighted by atomic mass is 16.2. The van der Waals surface area contributed by atoms with Crippen molar-refractivity contribution >= 4 is 11.8 Å². The molecule has 2 aliphatic heterocycles. The molecule has 2 amide bonds. The molecular weight excluding hydrogens is 398 g/mol. The lowest BCUT2D eigenvalue weighted by Gasteiger charge is -2.52. The normalized spacial score (nSPS) is 21.4. The van der Waals surface area contributed by atoms with Gasteiger partial charge in [-0.1, -0.05) is 64.8 Å². The van der Waals surface area contributed by atoms with E-state index in [0.717, 1.165) is 51.7 Å². The topological polar surface area (TPSA) is 52.7 Å². The molecular formula is C27H43N3O2. The molecule has 0 aliphatic carbocycles. The minimum atomic E-state index is -0.666. The highest BCUT2D eigenvalue weighted by molar-refractivity contribution is 6.00. The van der Waals surface area contributed by atoms with Gasteiger partial charge in [0.25, 0.3) is 0 Å². The Morgan fingerprint density at radius 2 is 1.62 bits per heavy atom. The maximum atomic E-state index is 13.4. The summed E-state index contributed by atoms with van der Waals surface area (Å²) in [4.78, 5) is 31.1. The number of rotatable bonds is 10. The number of aryl methyl sites for hydroxylation is 1. The summed E-state index contributed by atoms with van der Waals surface area (Å²) in [7, 11) is 0. The molecule has 0 aromatic heterocycles. The molecule has 32 heavy (non-hydrogen) atoms. The number of nitrogens with zero attached hydrogens (tertiary/aromatic N) is 2. The number of piperidine rings is 1. The summed E-state index contributed by atoms with van der Waals surface area (Å²) in [5.41, 5.74) is 2.07. The summed E-state index contributed by atoms with van der Waals surface area (Å²) in [6, 6.07) is 8.64. The minimum Gasteiger partial charge on any atom is -0.342 e. The predicted octanol–water partition coefficient (Wildman–Crippen LogP) is 4.54. The first-order valence-corrected chi connectivity index (χ1v) is 12.8. The molecule has 5 nitrogen and oxygen atoms in total. The van der Waals surface area contributed by atoms with Crippen molar-refractivity contribution in [1.82, 2.24) is 15.1 Å². The SMILES string of the molecule is CCCCc1ccc(CN2CCC3(CC2)C(=O)N[C@@H](CC(C)C)C(=O)N3CCCC)cc1. The summed E-state index contributed by atoms with van der Waals surface area (Å²) in [6.45, 7) is 11.9. The van der Waals surface area contributed by atoms with Crippen LogP contribution in [0, 0.1) is 5.92 Å². The highest BCUT2D eigenvalue weighted by Gasteiger charge is 2.53. The van der Waals surface area contributed by atoms with Crippen LogP contribution in [0.25, 0.3) is 0 Å². The van der Waals surface area contributed by atoms with Gasteiger partial charge in [0.05, 0.1) is 0 Å². The van der Waals surface area contributed by atoms with Crippen LogP contribution in [0.2, 0.25) is 0 Å². The quantitative estimate of drug-likeness (QED) is 0.580.